The minimum absolute atomic E-state index is 0.110. The van der Waals surface area contributed by atoms with Crippen molar-refractivity contribution < 1.29 is 9.53 Å². The number of nitrogens with zero attached hydrogens (tertiary/aromatic N) is 3. The van der Waals surface area contributed by atoms with Crippen LogP contribution in [0.5, 0.6) is 0 Å². The maximum atomic E-state index is 11.8. The van der Waals surface area contributed by atoms with Crippen LogP contribution in [0.2, 0.25) is 0 Å². The van der Waals surface area contributed by atoms with E-state index in [0.717, 1.165) is 44.8 Å². The molecule has 1 saturated heterocycles. The fourth-order valence-corrected chi connectivity index (χ4v) is 2.42. The molecule has 2 heterocycles. The molecule has 1 unspecified atom stereocenters. The first kappa shape index (κ1) is 15.9. The number of carbonyl (C=O) groups excluding carboxylic acids is 1. The topological polar surface area (TPSA) is 67.4 Å². The van der Waals surface area contributed by atoms with E-state index in [1.807, 2.05) is 0 Å². The van der Waals surface area contributed by atoms with Gasteiger partial charge in [-0.1, -0.05) is 0 Å². The minimum Gasteiger partial charge on any atom is -0.379 e. The van der Waals surface area contributed by atoms with E-state index in [1.165, 1.54) is 0 Å². The van der Waals surface area contributed by atoms with Gasteiger partial charge in [0.15, 0.2) is 0 Å². The molecule has 116 valence electrons. The van der Waals surface area contributed by atoms with Crippen molar-refractivity contribution in [3.63, 3.8) is 0 Å². The lowest BCUT2D eigenvalue weighted by Crippen LogP contribution is -2.42. The predicted molar refractivity (Wildman–Crippen MR) is 79.8 cm³/mol. The van der Waals surface area contributed by atoms with Crippen molar-refractivity contribution in [2.24, 2.45) is 0 Å². The molecule has 6 heteroatoms. The third-order valence-corrected chi connectivity index (χ3v) is 3.78. The molecule has 0 radical (unpaired) electrons. The van der Waals surface area contributed by atoms with Gasteiger partial charge in [0.1, 0.15) is 0 Å². The van der Waals surface area contributed by atoms with Crippen molar-refractivity contribution >= 4 is 5.91 Å². The molecule has 0 aliphatic carbocycles. The number of nitrogens with one attached hydrogen (secondary N) is 1. The van der Waals surface area contributed by atoms with Gasteiger partial charge in [0.2, 0.25) is 5.91 Å². The van der Waals surface area contributed by atoms with Crippen LogP contribution in [0.25, 0.3) is 0 Å². The highest BCUT2D eigenvalue weighted by Gasteiger charge is 2.17. The molecule has 1 fully saturated rings. The summed E-state index contributed by atoms with van der Waals surface area (Å²) in [5.74, 6) is 0.110. The van der Waals surface area contributed by atoms with Crippen molar-refractivity contribution in [3.05, 3.63) is 24.3 Å². The third kappa shape index (κ3) is 5.77. The zero-order valence-electron chi connectivity index (χ0n) is 12.6. The van der Waals surface area contributed by atoms with Crippen molar-refractivity contribution in [1.82, 2.24) is 20.2 Å². The largest absolute Gasteiger partial charge is 0.379 e. The zero-order valence-corrected chi connectivity index (χ0v) is 12.6. The van der Waals surface area contributed by atoms with Crippen LogP contribution in [-0.4, -0.2) is 59.7 Å². The van der Waals surface area contributed by atoms with Crippen LogP contribution in [0.15, 0.2) is 18.6 Å². The van der Waals surface area contributed by atoms with E-state index in [9.17, 15) is 4.79 Å². The quantitative estimate of drug-likeness (QED) is 0.798. The molecule has 0 aromatic carbocycles. The van der Waals surface area contributed by atoms with Gasteiger partial charge in [-0.05, 0) is 13.3 Å². The average molecular weight is 292 g/mol. The fraction of sp³-hybridized carbons (Fsp3) is 0.667. The first-order chi connectivity index (χ1) is 10.3. The molecule has 1 aromatic rings. The Kier molecular flexibility index (Phi) is 6.56. The summed E-state index contributed by atoms with van der Waals surface area (Å²) in [5, 5.41) is 2.94. The third-order valence-electron chi connectivity index (χ3n) is 3.78. The second-order valence-corrected chi connectivity index (χ2v) is 5.33. The Morgan fingerprint density at radius 2 is 2.24 bits per heavy atom. The van der Waals surface area contributed by atoms with Gasteiger partial charge in [-0.3, -0.25) is 19.7 Å². The molecule has 1 atom stereocenters. The van der Waals surface area contributed by atoms with Crippen LogP contribution in [0.3, 0.4) is 0 Å². The molecule has 1 amide bonds. The summed E-state index contributed by atoms with van der Waals surface area (Å²) in [6, 6.07) is 0.430. The molecule has 1 aromatic heterocycles. The van der Waals surface area contributed by atoms with Crippen molar-refractivity contribution in [2.45, 2.75) is 32.2 Å². The lowest BCUT2D eigenvalue weighted by Gasteiger charge is -2.32. The van der Waals surface area contributed by atoms with Gasteiger partial charge in [0.25, 0.3) is 0 Å². The highest BCUT2D eigenvalue weighted by Crippen LogP contribution is 2.09. The number of carbonyl (C=O) groups is 1. The Hall–Kier alpha value is -1.53. The normalized spacial score (nSPS) is 17.4. The predicted octanol–water partition coefficient (Wildman–Crippen LogP) is 0.636. The lowest BCUT2D eigenvalue weighted by atomic mass is 10.1. The number of ether oxygens (including phenoxy) is 1. The smallest absolute Gasteiger partial charge is 0.220 e. The molecule has 0 bridgehead atoms. The minimum atomic E-state index is 0.110. The standard InChI is InChI=1S/C15H24N4O2/c1-13(19-8-10-21-11-9-19)2-3-15(20)18-5-4-14-12-16-6-7-17-14/h6-7,12-13H,2-5,8-11H2,1H3,(H,18,20). The summed E-state index contributed by atoms with van der Waals surface area (Å²) in [5.41, 5.74) is 0.902. The molecule has 21 heavy (non-hydrogen) atoms. The van der Waals surface area contributed by atoms with Crippen molar-refractivity contribution in [2.75, 3.05) is 32.8 Å². The van der Waals surface area contributed by atoms with Gasteiger partial charge in [-0.2, -0.15) is 0 Å². The van der Waals surface area contributed by atoms with Crippen LogP contribution in [-0.2, 0) is 16.0 Å². The Morgan fingerprint density at radius 3 is 2.95 bits per heavy atom. The highest BCUT2D eigenvalue weighted by molar-refractivity contribution is 5.75. The number of hydrogen-bond donors (Lipinski definition) is 1. The first-order valence-electron chi connectivity index (χ1n) is 7.59. The van der Waals surface area contributed by atoms with Gasteiger partial charge < -0.3 is 10.1 Å². The Balaban J connectivity index is 1.58. The van der Waals surface area contributed by atoms with Crippen LogP contribution in [0, 0.1) is 0 Å². The van der Waals surface area contributed by atoms with Crippen molar-refractivity contribution in [1.29, 1.82) is 0 Å². The van der Waals surface area contributed by atoms with Crippen LogP contribution in [0.4, 0.5) is 0 Å². The van der Waals surface area contributed by atoms with Crippen LogP contribution in [0.1, 0.15) is 25.5 Å². The first-order valence-corrected chi connectivity index (χ1v) is 7.59. The summed E-state index contributed by atoms with van der Waals surface area (Å²) < 4.78 is 5.34. The van der Waals surface area contributed by atoms with Crippen LogP contribution < -0.4 is 5.32 Å². The fourth-order valence-electron chi connectivity index (χ4n) is 2.42. The number of aromatic nitrogens is 2. The van der Waals surface area contributed by atoms with Gasteiger partial charge in [-0.15, -0.1) is 0 Å². The van der Waals surface area contributed by atoms with Crippen LogP contribution >= 0.6 is 0 Å². The highest BCUT2D eigenvalue weighted by atomic mass is 16.5. The number of morpholine rings is 1. The molecule has 0 spiro atoms. The lowest BCUT2D eigenvalue weighted by molar-refractivity contribution is -0.121. The summed E-state index contributed by atoms with van der Waals surface area (Å²) in [7, 11) is 0. The maximum absolute atomic E-state index is 11.8. The number of hydrogen-bond acceptors (Lipinski definition) is 5. The monoisotopic (exact) mass is 292 g/mol. The van der Waals surface area contributed by atoms with E-state index in [4.69, 9.17) is 4.74 Å². The second-order valence-electron chi connectivity index (χ2n) is 5.33. The molecule has 1 N–H and O–H groups in total. The maximum Gasteiger partial charge on any atom is 0.220 e. The van der Waals surface area contributed by atoms with E-state index in [0.29, 0.717) is 19.0 Å². The van der Waals surface area contributed by atoms with E-state index in [1.54, 1.807) is 18.6 Å². The van der Waals surface area contributed by atoms with E-state index in [2.05, 4.69) is 27.1 Å². The molecular formula is C15H24N4O2. The van der Waals surface area contributed by atoms with Gasteiger partial charge >= 0.3 is 0 Å². The van der Waals surface area contributed by atoms with Gasteiger partial charge in [0, 0.05) is 57.1 Å². The molecule has 6 nitrogen and oxygen atoms in total. The Morgan fingerprint density at radius 1 is 1.43 bits per heavy atom. The summed E-state index contributed by atoms with van der Waals surface area (Å²) in [6.45, 7) is 6.33. The Labute approximate surface area is 125 Å². The van der Waals surface area contributed by atoms with E-state index in [-0.39, 0.29) is 5.91 Å². The Bertz CT molecular complexity index is 421. The molecule has 2 rings (SSSR count). The zero-order chi connectivity index (χ0) is 14.9. The van der Waals surface area contributed by atoms with E-state index >= 15 is 0 Å². The summed E-state index contributed by atoms with van der Waals surface area (Å²) >= 11 is 0. The molecular weight excluding hydrogens is 268 g/mol. The number of amides is 1. The summed E-state index contributed by atoms with van der Waals surface area (Å²) in [4.78, 5) is 22.4. The SMILES string of the molecule is CC(CCC(=O)NCCc1cnccn1)N1CCOCC1. The molecule has 1 aliphatic heterocycles. The van der Waals surface area contributed by atoms with E-state index < -0.39 is 0 Å². The van der Waals surface area contributed by atoms with Crippen molar-refractivity contribution in [3.8, 4) is 0 Å². The average Bonchev–Trinajstić information content (AvgIpc) is 2.54. The van der Waals surface area contributed by atoms with Gasteiger partial charge in [-0.25, -0.2) is 0 Å². The molecule has 1 aliphatic rings. The summed E-state index contributed by atoms with van der Waals surface area (Å²) in [6.07, 6.45) is 7.22. The molecule has 0 saturated carbocycles. The number of rotatable bonds is 7. The second kappa shape index (κ2) is 8.69. The van der Waals surface area contributed by atoms with Gasteiger partial charge in [0.05, 0.1) is 18.9 Å².